The Labute approximate surface area is 186 Å². The number of rotatable bonds is 7. The summed E-state index contributed by atoms with van der Waals surface area (Å²) in [6, 6.07) is 19.0. The van der Waals surface area contributed by atoms with E-state index >= 15 is 0 Å². The number of ether oxygens (including phenoxy) is 2. The Hall–Kier alpha value is -3.85. The largest absolute Gasteiger partial charge is 0.497 e. The number of benzene rings is 3. The topological polar surface area (TPSA) is 102 Å². The van der Waals surface area contributed by atoms with Gasteiger partial charge in [-0.1, -0.05) is 29.8 Å². The normalized spacial score (nSPS) is 11.2. The van der Waals surface area contributed by atoms with Crippen LogP contribution in [0.15, 0.2) is 71.6 Å². The summed E-state index contributed by atoms with van der Waals surface area (Å²) in [6.45, 7) is 1.89. The van der Waals surface area contributed by atoms with E-state index in [-0.39, 0.29) is 16.5 Å². The van der Waals surface area contributed by atoms with Gasteiger partial charge in [-0.2, -0.15) is 0 Å². The lowest BCUT2D eigenvalue weighted by Crippen LogP contribution is -2.16. The predicted octanol–water partition coefficient (Wildman–Crippen LogP) is 4.50. The highest BCUT2D eigenvalue weighted by atomic mass is 32.2. The summed E-state index contributed by atoms with van der Waals surface area (Å²) in [5, 5.41) is 3.14. The van der Waals surface area contributed by atoms with Crippen molar-refractivity contribution in [3.63, 3.8) is 0 Å². The molecule has 8 nitrogen and oxygen atoms in total. The first-order chi connectivity index (χ1) is 15.4. The molecule has 0 aliphatic rings. The average molecular weight is 451 g/mol. The zero-order chi connectivity index (χ0) is 22.7. The molecule has 3 aromatic carbocycles. The number of anilines is 3. The third-order valence-corrected chi connectivity index (χ3v) is 6.10. The van der Waals surface area contributed by atoms with Gasteiger partial charge in [0.1, 0.15) is 11.5 Å². The van der Waals surface area contributed by atoms with Gasteiger partial charge in [0.05, 0.1) is 30.1 Å². The Morgan fingerprint density at radius 2 is 1.34 bits per heavy atom. The molecule has 0 atom stereocenters. The lowest BCUT2D eigenvalue weighted by atomic mass is 10.2. The number of hydrogen-bond donors (Lipinski definition) is 2. The van der Waals surface area contributed by atoms with Gasteiger partial charge in [-0.05, 0) is 31.2 Å². The SMILES string of the molecule is COc1cc(Nc2nc3ccccc3nc2NS(=O)(=O)c2ccc(C)cc2)cc(OC)c1. The van der Waals surface area contributed by atoms with E-state index in [0.29, 0.717) is 28.2 Å². The number of fused-ring (bicyclic) bond motifs is 1. The van der Waals surface area contributed by atoms with E-state index < -0.39 is 10.0 Å². The standard InChI is InChI=1S/C23H22N4O4S/c1-15-8-10-19(11-9-15)32(28,29)27-23-22(25-20-6-4-5-7-21(20)26-23)24-16-12-17(30-2)14-18(13-16)31-3/h4-14H,1-3H3,(H,24,25)(H,26,27). The molecule has 4 rings (SSSR count). The highest BCUT2D eigenvalue weighted by molar-refractivity contribution is 7.92. The molecule has 0 saturated carbocycles. The monoisotopic (exact) mass is 450 g/mol. The van der Waals surface area contributed by atoms with Crippen molar-refractivity contribution in [1.82, 2.24) is 9.97 Å². The van der Waals surface area contributed by atoms with Gasteiger partial charge in [0, 0.05) is 23.9 Å². The van der Waals surface area contributed by atoms with Gasteiger partial charge in [0.2, 0.25) is 0 Å². The third kappa shape index (κ3) is 4.57. The minimum atomic E-state index is -3.88. The lowest BCUT2D eigenvalue weighted by molar-refractivity contribution is 0.395. The molecular weight excluding hydrogens is 428 g/mol. The van der Waals surface area contributed by atoms with E-state index in [2.05, 4.69) is 20.0 Å². The Kier molecular flexibility index (Phi) is 5.83. The summed E-state index contributed by atoms with van der Waals surface area (Å²) in [7, 11) is -0.779. The molecule has 1 heterocycles. The quantitative estimate of drug-likeness (QED) is 0.427. The number of para-hydroxylation sites is 2. The first kappa shape index (κ1) is 21.4. The van der Waals surface area contributed by atoms with Crippen molar-refractivity contribution in [3.05, 3.63) is 72.3 Å². The van der Waals surface area contributed by atoms with E-state index in [9.17, 15) is 8.42 Å². The van der Waals surface area contributed by atoms with Crippen LogP contribution < -0.4 is 19.5 Å². The van der Waals surface area contributed by atoms with Gasteiger partial charge in [-0.25, -0.2) is 18.4 Å². The van der Waals surface area contributed by atoms with Gasteiger partial charge >= 0.3 is 0 Å². The number of hydrogen-bond acceptors (Lipinski definition) is 7. The lowest BCUT2D eigenvalue weighted by Gasteiger charge is -2.15. The van der Waals surface area contributed by atoms with Crippen LogP contribution in [-0.2, 0) is 10.0 Å². The fourth-order valence-electron chi connectivity index (χ4n) is 3.08. The number of aromatic nitrogens is 2. The molecule has 0 unspecified atom stereocenters. The maximum atomic E-state index is 13.0. The molecule has 0 saturated heterocycles. The minimum Gasteiger partial charge on any atom is -0.497 e. The van der Waals surface area contributed by atoms with Crippen molar-refractivity contribution in [2.24, 2.45) is 0 Å². The number of nitrogens with zero attached hydrogens (tertiary/aromatic N) is 2. The summed E-state index contributed by atoms with van der Waals surface area (Å²) >= 11 is 0. The van der Waals surface area contributed by atoms with E-state index in [0.717, 1.165) is 5.56 Å². The zero-order valence-corrected chi connectivity index (χ0v) is 18.6. The van der Waals surface area contributed by atoms with Crippen LogP contribution >= 0.6 is 0 Å². The molecule has 0 bridgehead atoms. The van der Waals surface area contributed by atoms with Gasteiger partial charge < -0.3 is 14.8 Å². The molecule has 164 valence electrons. The maximum absolute atomic E-state index is 13.0. The number of aryl methyl sites for hydroxylation is 1. The first-order valence-corrected chi connectivity index (χ1v) is 11.2. The van der Waals surface area contributed by atoms with Crippen molar-refractivity contribution in [3.8, 4) is 11.5 Å². The molecule has 0 aliphatic heterocycles. The highest BCUT2D eigenvalue weighted by Gasteiger charge is 2.19. The van der Waals surface area contributed by atoms with E-state index in [1.165, 1.54) is 0 Å². The fourth-order valence-corrected chi connectivity index (χ4v) is 4.09. The molecule has 0 aliphatic carbocycles. The third-order valence-electron chi connectivity index (χ3n) is 4.75. The van der Waals surface area contributed by atoms with Crippen molar-refractivity contribution in [1.29, 1.82) is 0 Å². The first-order valence-electron chi connectivity index (χ1n) is 9.74. The van der Waals surface area contributed by atoms with Crippen LogP contribution in [0.5, 0.6) is 11.5 Å². The van der Waals surface area contributed by atoms with Crippen molar-refractivity contribution < 1.29 is 17.9 Å². The van der Waals surface area contributed by atoms with Crippen LogP contribution in [0.25, 0.3) is 11.0 Å². The highest BCUT2D eigenvalue weighted by Crippen LogP contribution is 2.31. The van der Waals surface area contributed by atoms with Gasteiger partial charge in [0.25, 0.3) is 10.0 Å². The Bertz CT molecular complexity index is 1350. The molecule has 2 N–H and O–H groups in total. The summed E-state index contributed by atoms with van der Waals surface area (Å²) in [6.07, 6.45) is 0. The Balaban J connectivity index is 1.78. The van der Waals surface area contributed by atoms with E-state index in [1.54, 1.807) is 68.8 Å². The number of sulfonamides is 1. The minimum absolute atomic E-state index is 0.0751. The van der Waals surface area contributed by atoms with E-state index in [1.807, 2.05) is 19.1 Å². The molecule has 0 amide bonds. The van der Waals surface area contributed by atoms with Crippen molar-refractivity contribution >= 4 is 38.4 Å². The number of methoxy groups -OCH3 is 2. The van der Waals surface area contributed by atoms with Crippen molar-refractivity contribution in [2.75, 3.05) is 24.3 Å². The second-order valence-electron chi connectivity index (χ2n) is 7.05. The Morgan fingerprint density at radius 3 is 1.91 bits per heavy atom. The molecule has 9 heteroatoms. The second kappa shape index (κ2) is 8.72. The van der Waals surface area contributed by atoms with Gasteiger partial charge in [-0.3, -0.25) is 4.72 Å². The molecule has 32 heavy (non-hydrogen) atoms. The summed E-state index contributed by atoms with van der Waals surface area (Å²) in [4.78, 5) is 9.23. The van der Waals surface area contributed by atoms with Crippen LogP contribution in [0, 0.1) is 6.92 Å². The van der Waals surface area contributed by atoms with Crippen LogP contribution in [-0.4, -0.2) is 32.6 Å². The fraction of sp³-hybridized carbons (Fsp3) is 0.130. The Morgan fingerprint density at radius 1 is 0.781 bits per heavy atom. The van der Waals surface area contributed by atoms with Gasteiger partial charge in [-0.15, -0.1) is 0 Å². The molecule has 0 fully saturated rings. The number of nitrogens with one attached hydrogen (secondary N) is 2. The molecular formula is C23H22N4O4S. The van der Waals surface area contributed by atoms with Crippen LogP contribution in [0.2, 0.25) is 0 Å². The smallest absolute Gasteiger partial charge is 0.263 e. The van der Waals surface area contributed by atoms with Crippen LogP contribution in [0.3, 0.4) is 0 Å². The van der Waals surface area contributed by atoms with Gasteiger partial charge in [0.15, 0.2) is 11.6 Å². The molecule has 4 aromatic rings. The molecule has 1 aromatic heterocycles. The van der Waals surface area contributed by atoms with Crippen LogP contribution in [0.1, 0.15) is 5.56 Å². The predicted molar refractivity (Wildman–Crippen MR) is 124 cm³/mol. The zero-order valence-electron chi connectivity index (χ0n) is 17.8. The van der Waals surface area contributed by atoms with Crippen molar-refractivity contribution in [2.45, 2.75) is 11.8 Å². The summed E-state index contributed by atoms with van der Waals surface area (Å²) < 4.78 is 39.2. The molecule has 0 radical (unpaired) electrons. The second-order valence-corrected chi connectivity index (χ2v) is 8.74. The van der Waals surface area contributed by atoms with E-state index in [4.69, 9.17) is 9.47 Å². The summed E-state index contributed by atoms with van der Waals surface area (Å²) in [5.41, 5.74) is 2.73. The molecule has 0 spiro atoms. The maximum Gasteiger partial charge on any atom is 0.263 e. The average Bonchev–Trinajstić information content (AvgIpc) is 2.79. The summed E-state index contributed by atoms with van der Waals surface area (Å²) in [5.74, 6) is 1.46. The van der Waals surface area contributed by atoms with Crippen LogP contribution in [0.4, 0.5) is 17.3 Å².